The molecule has 7 nitrogen and oxygen atoms in total. The average Bonchev–Trinajstić information content (AvgIpc) is 2.36. The summed E-state index contributed by atoms with van der Waals surface area (Å²) in [7, 11) is -1.04. The van der Waals surface area contributed by atoms with Gasteiger partial charge in [-0.15, -0.1) is 0 Å². The molecule has 1 aromatic carbocycles. The van der Waals surface area contributed by atoms with E-state index in [2.05, 4.69) is 4.72 Å². The van der Waals surface area contributed by atoms with Crippen LogP contribution >= 0.6 is 11.6 Å². The molecular weight excluding hydrogens is 310 g/mol. The molecule has 0 spiro atoms. The number of aliphatic carboxylic acids is 1. The smallest absolute Gasteiger partial charge is 0.304 e. The van der Waals surface area contributed by atoms with Gasteiger partial charge < -0.3 is 14.6 Å². The lowest BCUT2D eigenvalue weighted by molar-refractivity contribution is -0.136. The fraction of sp³-hybridized carbons (Fsp3) is 0.364. The van der Waals surface area contributed by atoms with Gasteiger partial charge in [0.15, 0.2) is 0 Å². The second-order valence-electron chi connectivity index (χ2n) is 3.75. The van der Waals surface area contributed by atoms with E-state index in [0.29, 0.717) is 5.75 Å². The molecule has 2 N–H and O–H groups in total. The lowest BCUT2D eigenvalue weighted by atomic mass is 10.3. The van der Waals surface area contributed by atoms with Gasteiger partial charge >= 0.3 is 5.97 Å². The van der Waals surface area contributed by atoms with Crippen molar-refractivity contribution in [3.63, 3.8) is 0 Å². The third kappa shape index (κ3) is 4.46. The molecule has 0 heterocycles. The van der Waals surface area contributed by atoms with Gasteiger partial charge in [0.25, 0.3) is 0 Å². The Morgan fingerprint density at radius 3 is 2.40 bits per heavy atom. The number of anilines is 1. The van der Waals surface area contributed by atoms with Gasteiger partial charge in [0.2, 0.25) is 10.0 Å². The Labute approximate surface area is 121 Å². The molecule has 1 rings (SSSR count). The second kappa shape index (κ2) is 6.67. The van der Waals surface area contributed by atoms with Crippen LogP contribution in [0.15, 0.2) is 12.1 Å². The number of hydrogen-bond donors (Lipinski definition) is 2. The van der Waals surface area contributed by atoms with E-state index in [0.717, 1.165) is 0 Å². The van der Waals surface area contributed by atoms with Crippen LogP contribution in [0.1, 0.15) is 6.42 Å². The van der Waals surface area contributed by atoms with E-state index in [9.17, 15) is 13.2 Å². The van der Waals surface area contributed by atoms with Crippen molar-refractivity contribution < 1.29 is 27.8 Å². The Morgan fingerprint density at radius 2 is 1.90 bits per heavy atom. The SMILES string of the molecule is COc1cc(OC)c(NS(=O)(=O)CCC(=O)O)cc1Cl. The molecule has 1 aromatic rings. The quantitative estimate of drug-likeness (QED) is 0.789. The van der Waals surface area contributed by atoms with Gasteiger partial charge in [-0.2, -0.15) is 0 Å². The summed E-state index contributed by atoms with van der Waals surface area (Å²) in [6, 6.07) is 2.76. The normalized spacial score (nSPS) is 10.9. The zero-order chi connectivity index (χ0) is 15.3. The predicted octanol–water partition coefficient (Wildman–Crippen LogP) is 1.57. The van der Waals surface area contributed by atoms with Gasteiger partial charge in [0, 0.05) is 6.07 Å². The van der Waals surface area contributed by atoms with Gasteiger partial charge in [-0.3, -0.25) is 9.52 Å². The fourth-order valence-electron chi connectivity index (χ4n) is 1.38. The monoisotopic (exact) mass is 323 g/mol. The number of nitrogens with one attached hydrogen (secondary N) is 1. The number of rotatable bonds is 7. The first-order valence-electron chi connectivity index (χ1n) is 5.43. The molecule has 0 fully saturated rings. The number of carboxylic acid groups (broad SMARTS) is 1. The first-order chi connectivity index (χ1) is 9.29. The van der Waals surface area contributed by atoms with Crippen LogP contribution in [-0.4, -0.2) is 39.5 Å². The van der Waals surface area contributed by atoms with Crippen molar-refractivity contribution in [2.75, 3.05) is 24.7 Å². The first kappa shape index (κ1) is 16.4. The lowest BCUT2D eigenvalue weighted by Crippen LogP contribution is -2.19. The van der Waals surface area contributed by atoms with Crippen LogP contribution < -0.4 is 14.2 Å². The molecule has 0 aromatic heterocycles. The molecule has 0 aliphatic heterocycles. The van der Waals surface area contributed by atoms with E-state index < -0.39 is 28.2 Å². The predicted molar refractivity (Wildman–Crippen MR) is 74.2 cm³/mol. The zero-order valence-corrected chi connectivity index (χ0v) is 12.4. The van der Waals surface area contributed by atoms with Gasteiger partial charge in [-0.05, 0) is 6.07 Å². The second-order valence-corrected chi connectivity index (χ2v) is 6.00. The van der Waals surface area contributed by atoms with Crippen LogP contribution in [0.25, 0.3) is 0 Å². The highest BCUT2D eigenvalue weighted by Crippen LogP contribution is 2.36. The maximum Gasteiger partial charge on any atom is 0.304 e. The molecule has 0 saturated heterocycles. The number of methoxy groups -OCH3 is 2. The minimum Gasteiger partial charge on any atom is -0.495 e. The molecule has 0 atom stereocenters. The van der Waals surface area contributed by atoms with Crippen molar-refractivity contribution in [2.24, 2.45) is 0 Å². The molecule has 9 heteroatoms. The maximum atomic E-state index is 11.7. The van der Waals surface area contributed by atoms with Crippen LogP contribution in [-0.2, 0) is 14.8 Å². The summed E-state index contributed by atoms with van der Waals surface area (Å²) < 4.78 is 35.7. The van der Waals surface area contributed by atoms with Gasteiger partial charge in [0.1, 0.15) is 11.5 Å². The van der Waals surface area contributed by atoms with Crippen LogP contribution in [0, 0.1) is 0 Å². The van der Waals surface area contributed by atoms with Gasteiger partial charge in [0.05, 0.1) is 37.1 Å². The minimum atomic E-state index is -3.81. The number of carbonyl (C=O) groups is 1. The van der Waals surface area contributed by atoms with Crippen molar-refractivity contribution in [3.05, 3.63) is 17.2 Å². The minimum absolute atomic E-state index is 0.115. The van der Waals surface area contributed by atoms with Crippen molar-refractivity contribution in [1.29, 1.82) is 0 Å². The maximum absolute atomic E-state index is 11.7. The summed E-state index contributed by atoms with van der Waals surface area (Å²) in [5.74, 6) is -1.20. The summed E-state index contributed by atoms with van der Waals surface area (Å²) >= 11 is 5.91. The third-order valence-corrected chi connectivity index (χ3v) is 3.89. The van der Waals surface area contributed by atoms with Gasteiger partial charge in [-0.25, -0.2) is 8.42 Å². The number of hydrogen-bond acceptors (Lipinski definition) is 5. The highest BCUT2D eigenvalue weighted by molar-refractivity contribution is 7.92. The van der Waals surface area contributed by atoms with Crippen LogP contribution in [0.4, 0.5) is 5.69 Å². The summed E-state index contributed by atoms with van der Waals surface area (Å²) in [5, 5.41) is 8.70. The van der Waals surface area contributed by atoms with Crippen molar-refractivity contribution in [3.8, 4) is 11.5 Å². The van der Waals surface area contributed by atoms with E-state index in [1.165, 1.54) is 26.4 Å². The molecule has 0 radical (unpaired) electrons. The first-order valence-corrected chi connectivity index (χ1v) is 7.46. The molecule has 0 saturated carbocycles. The number of carboxylic acids is 1. The summed E-state index contributed by atoms with van der Waals surface area (Å²) in [6.45, 7) is 0. The van der Waals surface area contributed by atoms with E-state index >= 15 is 0 Å². The van der Waals surface area contributed by atoms with E-state index in [4.69, 9.17) is 26.2 Å². The summed E-state index contributed by atoms with van der Waals surface area (Å²) in [4.78, 5) is 10.4. The molecule has 20 heavy (non-hydrogen) atoms. The van der Waals surface area contributed by atoms with Crippen molar-refractivity contribution >= 4 is 33.3 Å². The summed E-state index contributed by atoms with van der Waals surface area (Å²) in [5.41, 5.74) is 0.115. The molecular formula is C11H14ClNO6S. The Morgan fingerprint density at radius 1 is 1.30 bits per heavy atom. The topological polar surface area (TPSA) is 102 Å². The number of ether oxygens (including phenoxy) is 2. The third-order valence-electron chi connectivity index (χ3n) is 2.32. The lowest BCUT2D eigenvalue weighted by Gasteiger charge is -2.13. The van der Waals surface area contributed by atoms with E-state index in [-0.39, 0.29) is 16.5 Å². The Hall–Kier alpha value is -1.67. The Kier molecular flexibility index (Phi) is 5.46. The van der Waals surface area contributed by atoms with Crippen molar-refractivity contribution in [2.45, 2.75) is 6.42 Å². The van der Waals surface area contributed by atoms with Crippen LogP contribution in [0.2, 0.25) is 5.02 Å². The molecule has 0 amide bonds. The molecule has 0 unspecified atom stereocenters. The van der Waals surface area contributed by atoms with Crippen LogP contribution in [0.5, 0.6) is 11.5 Å². The molecule has 0 bridgehead atoms. The Balaban J connectivity index is 3.02. The Bertz CT molecular complexity index is 601. The average molecular weight is 324 g/mol. The van der Waals surface area contributed by atoms with Gasteiger partial charge in [-0.1, -0.05) is 11.6 Å². The standard InChI is InChI=1S/C11H14ClNO6S/c1-18-9-6-10(19-2)8(5-7(9)12)13-20(16,17)4-3-11(14)15/h5-6,13H,3-4H2,1-2H3,(H,14,15). The summed E-state index contributed by atoms with van der Waals surface area (Å²) in [6.07, 6.45) is -0.498. The number of benzene rings is 1. The molecule has 112 valence electrons. The van der Waals surface area contributed by atoms with Crippen LogP contribution in [0.3, 0.4) is 0 Å². The fourth-order valence-corrected chi connectivity index (χ4v) is 2.66. The zero-order valence-electron chi connectivity index (χ0n) is 10.8. The molecule has 0 aliphatic rings. The molecule has 0 aliphatic carbocycles. The largest absolute Gasteiger partial charge is 0.495 e. The number of halogens is 1. The highest BCUT2D eigenvalue weighted by Gasteiger charge is 2.17. The number of sulfonamides is 1. The highest BCUT2D eigenvalue weighted by atomic mass is 35.5. The van der Waals surface area contributed by atoms with E-state index in [1.807, 2.05) is 0 Å². The van der Waals surface area contributed by atoms with E-state index in [1.54, 1.807) is 0 Å². The van der Waals surface area contributed by atoms with Crippen molar-refractivity contribution in [1.82, 2.24) is 0 Å².